The summed E-state index contributed by atoms with van der Waals surface area (Å²) < 4.78 is 13.8. The molecule has 5 atom stereocenters. The molecule has 47 heavy (non-hydrogen) atoms. The minimum absolute atomic E-state index is 0.236. The van der Waals surface area contributed by atoms with Crippen LogP contribution in [0.4, 0.5) is 0 Å². The Hall–Kier alpha value is -4.64. The maximum atomic E-state index is 7.01. The van der Waals surface area contributed by atoms with Crippen molar-refractivity contribution in [2.24, 2.45) is 11.7 Å². The third-order valence-corrected chi connectivity index (χ3v) is 11.7. The first-order valence-corrected chi connectivity index (χ1v) is 17.5. The third kappa shape index (κ3) is 4.14. The van der Waals surface area contributed by atoms with E-state index in [0.29, 0.717) is 18.0 Å². The average molecular weight is 622 g/mol. The van der Waals surface area contributed by atoms with Crippen LogP contribution in [0.2, 0.25) is 0 Å². The van der Waals surface area contributed by atoms with Gasteiger partial charge in [-0.25, -0.2) is 0 Å². The third-order valence-electron chi connectivity index (χ3n) is 11.7. The first-order valence-electron chi connectivity index (χ1n) is 17.5. The zero-order valence-corrected chi connectivity index (χ0v) is 27.4. The predicted molar refractivity (Wildman–Crippen MR) is 187 cm³/mol. The lowest BCUT2D eigenvalue weighted by atomic mass is 9.59. The van der Waals surface area contributed by atoms with E-state index in [0.717, 1.165) is 55.2 Å². The van der Waals surface area contributed by atoms with E-state index in [9.17, 15) is 0 Å². The van der Waals surface area contributed by atoms with Crippen molar-refractivity contribution in [3.63, 3.8) is 0 Å². The predicted octanol–water partition coefficient (Wildman–Crippen LogP) is 8.66. The number of nitrogens with zero attached hydrogens (tertiary/aromatic N) is 2. The van der Waals surface area contributed by atoms with Crippen molar-refractivity contribution in [1.29, 1.82) is 0 Å². The van der Waals surface area contributed by atoms with Gasteiger partial charge >= 0.3 is 0 Å². The average Bonchev–Trinajstić information content (AvgIpc) is 3.43. The molecule has 5 nitrogen and oxygen atoms in total. The van der Waals surface area contributed by atoms with Crippen LogP contribution < -0.4 is 15.2 Å². The highest BCUT2D eigenvalue weighted by Crippen LogP contribution is 2.62. The van der Waals surface area contributed by atoms with Gasteiger partial charge in [-0.2, -0.15) is 0 Å². The summed E-state index contributed by atoms with van der Waals surface area (Å²) in [6.07, 6.45) is 19.6. The van der Waals surface area contributed by atoms with E-state index in [1.807, 2.05) is 0 Å². The van der Waals surface area contributed by atoms with Crippen molar-refractivity contribution >= 4 is 0 Å². The number of nitrogens with two attached hydrogens (primary N) is 1. The Morgan fingerprint density at radius 1 is 0.957 bits per heavy atom. The molecule has 9 rings (SSSR count). The van der Waals surface area contributed by atoms with Crippen LogP contribution >= 0.6 is 0 Å². The molecule has 0 saturated heterocycles. The van der Waals surface area contributed by atoms with Crippen LogP contribution in [0.3, 0.4) is 0 Å². The summed E-state index contributed by atoms with van der Waals surface area (Å²) >= 11 is 0. The van der Waals surface area contributed by atoms with Gasteiger partial charge in [0.1, 0.15) is 23.0 Å². The van der Waals surface area contributed by atoms with E-state index >= 15 is 0 Å². The van der Waals surface area contributed by atoms with E-state index in [2.05, 4.69) is 121 Å². The molecule has 0 bridgehead atoms. The Morgan fingerprint density at radius 3 is 2.51 bits per heavy atom. The van der Waals surface area contributed by atoms with Crippen molar-refractivity contribution in [3.05, 3.63) is 148 Å². The number of fused-ring (bicyclic) bond motifs is 9. The van der Waals surface area contributed by atoms with Gasteiger partial charge in [-0.1, -0.05) is 73.7 Å². The molecule has 3 aromatic rings. The lowest BCUT2D eigenvalue weighted by molar-refractivity contribution is 0.167. The van der Waals surface area contributed by atoms with Crippen molar-refractivity contribution in [2.45, 2.75) is 68.9 Å². The zero-order valence-electron chi connectivity index (χ0n) is 27.4. The number of para-hydroxylation sites is 2. The quantitative estimate of drug-likeness (QED) is 0.296. The molecular formula is C42H43N3O2. The van der Waals surface area contributed by atoms with Crippen LogP contribution in [0.15, 0.2) is 126 Å². The number of likely N-dealkylation sites (N-methyl/N-ethyl adjacent to an activating group) is 1. The van der Waals surface area contributed by atoms with Gasteiger partial charge in [0.2, 0.25) is 0 Å². The minimum atomic E-state index is -0.487. The molecule has 0 saturated carbocycles. The summed E-state index contributed by atoms with van der Waals surface area (Å²) in [6, 6.07) is 25.0. The highest BCUT2D eigenvalue weighted by molar-refractivity contribution is 5.73. The molecule has 0 aromatic heterocycles. The van der Waals surface area contributed by atoms with Crippen LogP contribution in [0.1, 0.15) is 73.6 Å². The monoisotopic (exact) mass is 621 g/mol. The Balaban J connectivity index is 1.21. The molecule has 0 radical (unpaired) electrons. The number of allylic oxidation sites excluding steroid dienone is 4. The van der Waals surface area contributed by atoms with Crippen molar-refractivity contribution in [3.8, 4) is 17.2 Å². The van der Waals surface area contributed by atoms with Gasteiger partial charge in [-0.3, -0.25) is 0 Å². The van der Waals surface area contributed by atoms with Crippen molar-refractivity contribution < 1.29 is 9.47 Å². The van der Waals surface area contributed by atoms with Gasteiger partial charge in [-0.15, -0.1) is 0 Å². The fraction of sp³-hybridized carbons (Fsp3) is 0.333. The summed E-state index contributed by atoms with van der Waals surface area (Å²) in [4.78, 5) is 5.11. The first kappa shape index (κ1) is 28.6. The Bertz CT molecular complexity index is 1920. The summed E-state index contributed by atoms with van der Waals surface area (Å²) in [6.45, 7) is 3.23. The van der Waals surface area contributed by atoms with E-state index in [1.54, 1.807) is 11.8 Å². The van der Waals surface area contributed by atoms with Gasteiger partial charge < -0.3 is 25.0 Å². The van der Waals surface area contributed by atoms with E-state index in [4.69, 9.17) is 15.2 Å². The van der Waals surface area contributed by atoms with Gasteiger partial charge in [0.25, 0.3) is 0 Å². The molecule has 2 aliphatic carbocycles. The second-order valence-corrected chi connectivity index (χ2v) is 14.1. The summed E-state index contributed by atoms with van der Waals surface area (Å²) in [5.74, 6) is 4.77. The molecule has 5 unspecified atom stereocenters. The molecule has 238 valence electrons. The SMILES string of the molecule is CCC(/C=C\N)c1ccc2c(c1)Oc1ccccc1C21C2=C(CC(N3C4=C(CN(C)C=C4)C4CCC=CC43)CC2)Oc2ccccc21. The molecule has 4 heterocycles. The lowest BCUT2D eigenvalue weighted by Crippen LogP contribution is -2.46. The summed E-state index contributed by atoms with van der Waals surface area (Å²) in [5.41, 5.74) is 14.7. The molecule has 6 aliphatic rings. The number of ether oxygens (including phenoxy) is 2. The van der Waals surface area contributed by atoms with E-state index in [-0.39, 0.29) is 5.92 Å². The molecule has 0 amide bonds. The first-order chi connectivity index (χ1) is 23.1. The van der Waals surface area contributed by atoms with Crippen LogP contribution in [-0.4, -0.2) is 35.5 Å². The van der Waals surface area contributed by atoms with Crippen LogP contribution in [-0.2, 0) is 5.41 Å². The normalized spacial score (nSPS) is 27.5. The van der Waals surface area contributed by atoms with E-state index in [1.165, 1.54) is 46.4 Å². The van der Waals surface area contributed by atoms with Gasteiger partial charge in [0.15, 0.2) is 0 Å². The second kappa shape index (κ2) is 11.0. The molecule has 1 spiro atoms. The van der Waals surface area contributed by atoms with Crippen LogP contribution in [0, 0.1) is 5.92 Å². The Labute approximate surface area is 278 Å². The van der Waals surface area contributed by atoms with Gasteiger partial charge in [-0.05, 0) is 79.3 Å². The lowest BCUT2D eigenvalue weighted by Gasteiger charge is -2.49. The smallest absolute Gasteiger partial charge is 0.132 e. The molecule has 0 fully saturated rings. The zero-order chi connectivity index (χ0) is 31.7. The summed E-state index contributed by atoms with van der Waals surface area (Å²) in [7, 11) is 2.20. The topological polar surface area (TPSA) is 51.0 Å². The number of hydrogen-bond donors (Lipinski definition) is 1. The largest absolute Gasteiger partial charge is 0.461 e. The summed E-state index contributed by atoms with van der Waals surface area (Å²) in [5, 5.41) is 0. The molecule has 4 aliphatic heterocycles. The van der Waals surface area contributed by atoms with E-state index < -0.39 is 5.41 Å². The second-order valence-electron chi connectivity index (χ2n) is 14.1. The Morgan fingerprint density at radius 2 is 1.72 bits per heavy atom. The highest BCUT2D eigenvalue weighted by Gasteiger charge is 2.54. The minimum Gasteiger partial charge on any atom is -0.461 e. The van der Waals surface area contributed by atoms with Crippen molar-refractivity contribution in [1.82, 2.24) is 9.80 Å². The standard InChI is InChI=1S/C42H43N3O2/c1-3-27(20-22-43)28-16-18-34-40(24-28)46-38-14-8-5-11-32(38)42(34)33-12-6-9-15-39(33)47-41-25-29(17-19-35(41)42)45-36-13-7-4-10-30(36)31-26-44(2)23-21-37(31)45/h5-9,11-16,18,20-24,27,29-30,36H,3-4,10,17,19,25-26,43H2,1-2H3/b22-20-. The highest BCUT2D eigenvalue weighted by atomic mass is 16.5. The number of benzene rings is 3. The fourth-order valence-electron chi connectivity index (χ4n) is 9.66. The van der Waals surface area contributed by atoms with Crippen LogP contribution in [0.25, 0.3) is 0 Å². The van der Waals surface area contributed by atoms with Gasteiger partial charge in [0, 0.05) is 66.5 Å². The fourth-order valence-corrected chi connectivity index (χ4v) is 9.66. The Kier molecular flexibility index (Phi) is 6.67. The number of hydrogen-bond acceptors (Lipinski definition) is 5. The molecule has 2 N–H and O–H groups in total. The maximum absolute atomic E-state index is 7.01. The molecule has 3 aromatic carbocycles. The molecular weight excluding hydrogens is 578 g/mol. The van der Waals surface area contributed by atoms with Crippen molar-refractivity contribution in [2.75, 3.05) is 13.6 Å². The number of rotatable bonds is 4. The van der Waals surface area contributed by atoms with Crippen LogP contribution in [0.5, 0.6) is 17.2 Å². The maximum Gasteiger partial charge on any atom is 0.132 e. The van der Waals surface area contributed by atoms with Gasteiger partial charge in [0.05, 0.1) is 11.5 Å². The molecule has 5 heteroatoms.